The first kappa shape index (κ1) is 30.4. The van der Waals surface area contributed by atoms with Crippen molar-refractivity contribution in [1.82, 2.24) is 4.72 Å². The van der Waals surface area contributed by atoms with E-state index in [9.17, 15) is 21.6 Å². The maximum absolute atomic E-state index is 12.8. The third-order valence-corrected chi connectivity index (χ3v) is 8.94. The van der Waals surface area contributed by atoms with Gasteiger partial charge in [-0.1, -0.05) is 54.6 Å². The zero-order chi connectivity index (χ0) is 30.3. The molecule has 0 aromatic heterocycles. The summed E-state index contributed by atoms with van der Waals surface area (Å²) in [4.78, 5) is 14.0. The van der Waals surface area contributed by atoms with Crippen molar-refractivity contribution in [3.05, 3.63) is 125 Å². The van der Waals surface area contributed by atoms with Crippen molar-refractivity contribution in [1.29, 1.82) is 5.26 Å². The lowest BCUT2D eigenvalue weighted by molar-refractivity contribution is 0.1000. The van der Waals surface area contributed by atoms with Gasteiger partial charge in [0.2, 0.25) is 26.0 Å². The molecule has 10 nitrogen and oxygen atoms in total. The number of hydrogen-bond acceptors (Lipinski definition) is 7. The fourth-order valence-corrected chi connectivity index (χ4v) is 6.38. The molecule has 1 unspecified atom stereocenters. The molecule has 42 heavy (non-hydrogen) atoms. The summed E-state index contributed by atoms with van der Waals surface area (Å²) in [7, 11) is -7.34. The van der Waals surface area contributed by atoms with Gasteiger partial charge in [0.1, 0.15) is 0 Å². The molecule has 0 radical (unpaired) electrons. The molecule has 4 aromatic carbocycles. The smallest absolute Gasteiger partial charge is 0.248 e. The standard InChI is InChI=1S/C23H23N3O3S.C7H6N2O2S/c24-23(27)18-11-12-22-19(13-18)14-20(16-26(22)15-17-7-3-1-4-8-17)25-30(28,29)21-9-5-2-6-10-21;8-5-6-2-1-3-7(4-6)12(9,10)11/h1-13,20,25H,14-16H2,(H2,24,27);1-4H,(H2,9,10,11). The van der Waals surface area contributed by atoms with E-state index < -0.39 is 26.0 Å². The Kier molecular flexibility index (Phi) is 9.39. The van der Waals surface area contributed by atoms with Gasteiger partial charge in [-0.25, -0.2) is 26.7 Å². The molecular formula is C30H29N5O5S2. The number of fused-ring (bicyclic) bond motifs is 1. The molecule has 4 aromatic rings. The van der Waals surface area contributed by atoms with Gasteiger partial charge in [-0.2, -0.15) is 5.26 Å². The second kappa shape index (κ2) is 13.0. The molecule has 5 rings (SSSR count). The Morgan fingerprint density at radius 1 is 0.881 bits per heavy atom. The number of primary sulfonamides is 1. The summed E-state index contributed by atoms with van der Waals surface area (Å²) in [6.45, 7) is 1.15. The number of nitriles is 1. The molecule has 0 aliphatic carbocycles. The number of carbonyl (C=O) groups excluding carboxylic acids is 1. The van der Waals surface area contributed by atoms with Crippen LogP contribution in [0.15, 0.2) is 113 Å². The van der Waals surface area contributed by atoms with Crippen LogP contribution in [0.5, 0.6) is 0 Å². The first-order valence-electron chi connectivity index (χ1n) is 12.8. The van der Waals surface area contributed by atoms with Gasteiger partial charge in [0, 0.05) is 30.4 Å². The minimum Gasteiger partial charge on any atom is -0.366 e. The highest BCUT2D eigenvalue weighted by molar-refractivity contribution is 7.89. The van der Waals surface area contributed by atoms with E-state index in [2.05, 4.69) is 9.62 Å². The van der Waals surface area contributed by atoms with E-state index in [4.69, 9.17) is 16.1 Å². The second-order valence-electron chi connectivity index (χ2n) is 9.59. The SMILES string of the molecule is N#Cc1cccc(S(N)(=O)=O)c1.NC(=O)c1ccc2c(c1)CC(NS(=O)(=O)c1ccccc1)CN2Cc1ccccc1. The third-order valence-electron chi connectivity index (χ3n) is 6.50. The maximum Gasteiger partial charge on any atom is 0.248 e. The fraction of sp³-hybridized carbons (Fsp3) is 0.133. The number of amides is 1. The minimum absolute atomic E-state index is 0.0402. The molecule has 0 saturated heterocycles. The number of nitrogens with two attached hydrogens (primary N) is 2. The van der Waals surface area contributed by atoms with Crippen molar-refractivity contribution < 1.29 is 21.6 Å². The number of primary amides is 1. The van der Waals surface area contributed by atoms with Gasteiger partial charge in [0.25, 0.3) is 0 Å². The zero-order valence-corrected chi connectivity index (χ0v) is 24.1. The van der Waals surface area contributed by atoms with Crippen LogP contribution in [0.25, 0.3) is 0 Å². The van der Waals surface area contributed by atoms with Crippen LogP contribution in [0, 0.1) is 11.3 Å². The highest BCUT2D eigenvalue weighted by atomic mass is 32.2. The van der Waals surface area contributed by atoms with Crippen LogP contribution in [0.4, 0.5) is 5.69 Å². The molecule has 0 bridgehead atoms. The average molecular weight is 604 g/mol. The first-order chi connectivity index (χ1) is 20.0. The van der Waals surface area contributed by atoms with Crippen LogP contribution in [0.2, 0.25) is 0 Å². The van der Waals surface area contributed by atoms with E-state index in [0.717, 1.165) is 16.8 Å². The number of benzene rings is 4. The van der Waals surface area contributed by atoms with Crippen LogP contribution in [0.1, 0.15) is 27.0 Å². The monoisotopic (exact) mass is 603 g/mol. The molecule has 0 saturated carbocycles. The zero-order valence-electron chi connectivity index (χ0n) is 22.4. The highest BCUT2D eigenvalue weighted by Gasteiger charge is 2.29. The van der Waals surface area contributed by atoms with Crippen molar-refractivity contribution in [3.8, 4) is 6.07 Å². The average Bonchev–Trinajstić information content (AvgIpc) is 2.97. The van der Waals surface area contributed by atoms with E-state index in [-0.39, 0.29) is 21.4 Å². The molecule has 0 spiro atoms. The lowest BCUT2D eigenvalue weighted by atomic mass is 9.95. The van der Waals surface area contributed by atoms with Crippen molar-refractivity contribution >= 4 is 31.6 Å². The summed E-state index contributed by atoms with van der Waals surface area (Å²) < 4.78 is 50.1. The number of nitrogens with zero attached hydrogens (tertiary/aromatic N) is 2. The number of sulfonamides is 2. The first-order valence-corrected chi connectivity index (χ1v) is 15.8. The van der Waals surface area contributed by atoms with E-state index in [0.29, 0.717) is 25.1 Å². The van der Waals surface area contributed by atoms with Crippen molar-refractivity contribution in [2.45, 2.75) is 28.8 Å². The Morgan fingerprint density at radius 2 is 1.52 bits per heavy atom. The predicted octanol–water partition coefficient (Wildman–Crippen LogP) is 2.90. The number of anilines is 1. The van der Waals surface area contributed by atoms with Gasteiger partial charge in [-0.3, -0.25) is 4.79 Å². The van der Waals surface area contributed by atoms with Crippen LogP contribution in [-0.4, -0.2) is 35.3 Å². The Bertz CT molecular complexity index is 1830. The van der Waals surface area contributed by atoms with E-state index in [1.54, 1.807) is 42.5 Å². The number of carbonyl (C=O) groups is 1. The Morgan fingerprint density at radius 3 is 2.14 bits per heavy atom. The second-order valence-corrected chi connectivity index (χ2v) is 12.9. The van der Waals surface area contributed by atoms with Gasteiger partial charge in [0.05, 0.1) is 21.4 Å². The number of nitrogens with one attached hydrogen (secondary N) is 1. The lowest BCUT2D eigenvalue weighted by Gasteiger charge is -2.36. The maximum atomic E-state index is 12.8. The third kappa shape index (κ3) is 7.80. The minimum atomic E-state index is -3.69. The molecule has 12 heteroatoms. The van der Waals surface area contributed by atoms with Gasteiger partial charge in [0.15, 0.2) is 0 Å². The van der Waals surface area contributed by atoms with Crippen LogP contribution in [0.3, 0.4) is 0 Å². The van der Waals surface area contributed by atoms with E-state index in [1.165, 1.54) is 24.3 Å². The molecule has 0 fully saturated rings. The van der Waals surface area contributed by atoms with Gasteiger partial charge in [-0.05, 0) is 66.1 Å². The molecule has 1 aliphatic heterocycles. The summed E-state index contributed by atoms with van der Waals surface area (Å²) in [5, 5.41) is 13.3. The molecule has 1 heterocycles. The molecule has 1 aliphatic rings. The molecule has 5 N–H and O–H groups in total. The summed E-state index contributed by atoms with van der Waals surface area (Å²) in [5.74, 6) is -0.501. The molecule has 1 atom stereocenters. The van der Waals surface area contributed by atoms with Crippen LogP contribution < -0.4 is 20.5 Å². The molecule has 216 valence electrons. The normalized spacial score (nSPS) is 14.6. The number of hydrogen-bond donors (Lipinski definition) is 3. The molecule has 1 amide bonds. The van der Waals surface area contributed by atoms with Gasteiger partial charge < -0.3 is 10.6 Å². The lowest BCUT2D eigenvalue weighted by Crippen LogP contribution is -2.48. The van der Waals surface area contributed by atoms with Crippen LogP contribution in [-0.2, 0) is 33.0 Å². The summed E-state index contributed by atoms with van der Waals surface area (Å²) in [5.41, 5.74) is 9.15. The molecular weight excluding hydrogens is 574 g/mol. The summed E-state index contributed by atoms with van der Waals surface area (Å²) >= 11 is 0. The van der Waals surface area contributed by atoms with Gasteiger partial charge in [-0.15, -0.1) is 0 Å². The quantitative estimate of drug-likeness (QED) is 0.291. The summed E-state index contributed by atoms with van der Waals surface area (Å²) in [6.07, 6.45) is 0.480. The Balaban J connectivity index is 0.000000283. The topological polar surface area (TPSA) is 176 Å². The van der Waals surface area contributed by atoms with Gasteiger partial charge >= 0.3 is 0 Å². The summed E-state index contributed by atoms with van der Waals surface area (Å²) in [6, 6.07) is 30.7. The fourth-order valence-electron chi connectivity index (χ4n) is 4.57. The number of rotatable bonds is 7. The largest absolute Gasteiger partial charge is 0.366 e. The van der Waals surface area contributed by atoms with Crippen molar-refractivity contribution in [2.24, 2.45) is 10.9 Å². The van der Waals surface area contributed by atoms with Crippen molar-refractivity contribution in [2.75, 3.05) is 11.4 Å². The van der Waals surface area contributed by atoms with Crippen LogP contribution >= 0.6 is 0 Å². The Hall–Kier alpha value is -4.54. The van der Waals surface area contributed by atoms with E-state index in [1.807, 2.05) is 42.5 Å². The Labute approximate surface area is 245 Å². The van der Waals surface area contributed by atoms with Crippen molar-refractivity contribution in [3.63, 3.8) is 0 Å². The van der Waals surface area contributed by atoms with E-state index >= 15 is 0 Å². The predicted molar refractivity (Wildman–Crippen MR) is 159 cm³/mol. The highest BCUT2D eigenvalue weighted by Crippen LogP contribution is 2.30.